The molecular weight excluding hydrogens is 375 g/mol. The van der Waals surface area contributed by atoms with Crippen molar-refractivity contribution >= 4 is 29.2 Å². The summed E-state index contributed by atoms with van der Waals surface area (Å²) in [6.07, 6.45) is 5.95. The van der Waals surface area contributed by atoms with Gasteiger partial charge in [-0.3, -0.25) is 9.91 Å². The number of hydrogen-bond acceptors (Lipinski definition) is 6. The lowest BCUT2D eigenvalue weighted by Crippen LogP contribution is -2.59. The van der Waals surface area contributed by atoms with Crippen LogP contribution in [0.4, 0.5) is 32.3 Å². The van der Waals surface area contributed by atoms with Crippen LogP contribution in [-0.2, 0) is 0 Å². The standard InChI is InChI=1S/C20H25FN6O2/c1-4-26-20(28)25(2)16-12-22-19(23-13-9-10-17(29-3)15(21)11-13)24-18(16)27(26)14-7-5-6-8-14/h9-12,14H,4-8H2,1-3H3,(H,22,23,24). The number of anilines is 4. The zero-order valence-electron chi connectivity index (χ0n) is 16.9. The molecule has 0 unspecified atom stereocenters. The van der Waals surface area contributed by atoms with Gasteiger partial charge in [-0.15, -0.1) is 0 Å². The molecule has 29 heavy (non-hydrogen) atoms. The zero-order valence-corrected chi connectivity index (χ0v) is 16.9. The second-order valence-electron chi connectivity index (χ2n) is 7.22. The average molecular weight is 400 g/mol. The van der Waals surface area contributed by atoms with Gasteiger partial charge in [0.15, 0.2) is 17.4 Å². The van der Waals surface area contributed by atoms with E-state index in [1.54, 1.807) is 35.3 Å². The summed E-state index contributed by atoms with van der Waals surface area (Å²) < 4.78 is 19.0. The summed E-state index contributed by atoms with van der Waals surface area (Å²) in [4.78, 5) is 23.5. The maximum atomic E-state index is 14.0. The van der Waals surface area contributed by atoms with Crippen LogP contribution in [-0.4, -0.2) is 47.8 Å². The first-order valence-electron chi connectivity index (χ1n) is 9.85. The lowest BCUT2D eigenvalue weighted by Gasteiger charge is -2.45. The molecule has 1 N–H and O–H groups in total. The van der Waals surface area contributed by atoms with Gasteiger partial charge in [0.1, 0.15) is 5.69 Å². The van der Waals surface area contributed by atoms with E-state index in [1.807, 2.05) is 11.9 Å². The Balaban J connectivity index is 1.70. The SMILES string of the molecule is CCN1C(=O)N(C)c2cnc(Nc3ccc(OC)c(F)c3)nc2N1C1CCCC1. The molecule has 8 nitrogen and oxygen atoms in total. The summed E-state index contributed by atoms with van der Waals surface area (Å²) in [5, 5.41) is 6.81. The fraction of sp³-hybridized carbons (Fsp3) is 0.450. The Morgan fingerprint density at radius 3 is 2.72 bits per heavy atom. The molecule has 4 rings (SSSR count). The molecule has 1 aliphatic carbocycles. The van der Waals surface area contributed by atoms with Crippen molar-refractivity contribution in [2.75, 3.05) is 35.9 Å². The first-order chi connectivity index (χ1) is 14.0. The van der Waals surface area contributed by atoms with E-state index in [9.17, 15) is 9.18 Å². The Morgan fingerprint density at radius 1 is 1.31 bits per heavy atom. The molecule has 1 aromatic heterocycles. The van der Waals surface area contributed by atoms with Gasteiger partial charge in [0, 0.05) is 25.3 Å². The van der Waals surface area contributed by atoms with E-state index in [1.165, 1.54) is 13.2 Å². The van der Waals surface area contributed by atoms with Crippen LogP contribution in [0, 0.1) is 5.82 Å². The molecule has 2 heterocycles. The Bertz CT molecular complexity index is 918. The number of amides is 2. The van der Waals surface area contributed by atoms with Crippen LogP contribution in [0.2, 0.25) is 0 Å². The molecule has 1 aromatic carbocycles. The van der Waals surface area contributed by atoms with E-state index in [-0.39, 0.29) is 17.8 Å². The summed E-state index contributed by atoms with van der Waals surface area (Å²) >= 11 is 0. The van der Waals surface area contributed by atoms with Gasteiger partial charge in [0.2, 0.25) is 5.95 Å². The minimum atomic E-state index is -0.467. The molecule has 2 aliphatic rings. The van der Waals surface area contributed by atoms with Crippen molar-refractivity contribution in [1.29, 1.82) is 0 Å². The number of halogens is 1. The highest BCUT2D eigenvalue weighted by Gasteiger charge is 2.39. The molecule has 1 fully saturated rings. The Kier molecular flexibility index (Phi) is 5.12. The normalized spacial score (nSPS) is 17.0. The Labute approximate surface area is 169 Å². The van der Waals surface area contributed by atoms with Gasteiger partial charge in [0.25, 0.3) is 0 Å². The number of ether oxygens (including phenoxy) is 1. The smallest absolute Gasteiger partial charge is 0.343 e. The van der Waals surface area contributed by atoms with Crippen LogP contribution in [0.3, 0.4) is 0 Å². The second-order valence-corrected chi connectivity index (χ2v) is 7.22. The fourth-order valence-corrected chi connectivity index (χ4v) is 3.99. The van der Waals surface area contributed by atoms with Crippen molar-refractivity contribution in [3.05, 3.63) is 30.2 Å². The number of nitrogens with zero attached hydrogens (tertiary/aromatic N) is 5. The van der Waals surface area contributed by atoms with Crippen LogP contribution in [0.1, 0.15) is 32.6 Å². The zero-order chi connectivity index (χ0) is 20.5. The Morgan fingerprint density at radius 2 is 2.07 bits per heavy atom. The maximum absolute atomic E-state index is 14.0. The van der Waals surface area contributed by atoms with Crippen LogP contribution in [0.5, 0.6) is 5.75 Å². The predicted molar refractivity (Wildman–Crippen MR) is 109 cm³/mol. The van der Waals surface area contributed by atoms with E-state index >= 15 is 0 Å². The number of methoxy groups -OCH3 is 1. The monoisotopic (exact) mass is 400 g/mol. The first-order valence-corrected chi connectivity index (χ1v) is 9.85. The number of urea groups is 1. The van der Waals surface area contributed by atoms with Gasteiger partial charge in [0.05, 0.1) is 19.3 Å². The lowest BCUT2D eigenvalue weighted by atomic mass is 10.2. The largest absolute Gasteiger partial charge is 0.494 e. The van der Waals surface area contributed by atoms with Crippen molar-refractivity contribution in [2.45, 2.75) is 38.6 Å². The van der Waals surface area contributed by atoms with Gasteiger partial charge in [-0.1, -0.05) is 12.8 Å². The molecular formula is C20H25FN6O2. The fourth-order valence-electron chi connectivity index (χ4n) is 3.99. The van der Waals surface area contributed by atoms with Crippen LogP contribution in [0.15, 0.2) is 24.4 Å². The number of nitrogens with one attached hydrogen (secondary N) is 1. The van der Waals surface area contributed by atoms with Crippen molar-refractivity contribution in [3.8, 4) is 5.75 Å². The van der Waals surface area contributed by atoms with E-state index in [4.69, 9.17) is 9.72 Å². The summed E-state index contributed by atoms with van der Waals surface area (Å²) in [5.74, 6) is 0.737. The third-order valence-corrected chi connectivity index (χ3v) is 5.47. The molecule has 0 saturated heterocycles. The van der Waals surface area contributed by atoms with E-state index in [2.05, 4.69) is 10.3 Å². The van der Waals surface area contributed by atoms with Gasteiger partial charge in [-0.2, -0.15) is 4.98 Å². The quantitative estimate of drug-likeness (QED) is 0.820. The minimum absolute atomic E-state index is 0.0894. The molecule has 0 spiro atoms. The molecule has 0 bridgehead atoms. The second kappa shape index (κ2) is 7.73. The van der Waals surface area contributed by atoms with Crippen LogP contribution < -0.4 is 20.0 Å². The Hall–Kier alpha value is -3.10. The lowest BCUT2D eigenvalue weighted by molar-refractivity contribution is 0.191. The van der Waals surface area contributed by atoms with E-state index in [0.717, 1.165) is 25.7 Å². The summed E-state index contributed by atoms with van der Waals surface area (Å²) in [7, 11) is 3.15. The molecule has 1 saturated carbocycles. The third kappa shape index (κ3) is 3.41. The topological polar surface area (TPSA) is 73.8 Å². The molecule has 1 aliphatic heterocycles. The number of carbonyl (C=O) groups excluding carboxylic acids is 1. The first kappa shape index (κ1) is 19.2. The van der Waals surface area contributed by atoms with Crippen molar-refractivity contribution in [2.24, 2.45) is 0 Å². The number of hydrazine groups is 1. The molecule has 154 valence electrons. The highest BCUT2D eigenvalue weighted by atomic mass is 19.1. The van der Waals surface area contributed by atoms with Gasteiger partial charge in [-0.25, -0.2) is 19.2 Å². The molecule has 9 heteroatoms. The average Bonchev–Trinajstić information content (AvgIpc) is 3.25. The number of carbonyl (C=O) groups is 1. The highest BCUT2D eigenvalue weighted by Crippen LogP contribution is 2.38. The van der Waals surface area contributed by atoms with E-state index < -0.39 is 5.82 Å². The van der Waals surface area contributed by atoms with Gasteiger partial charge >= 0.3 is 6.03 Å². The van der Waals surface area contributed by atoms with Crippen LogP contribution >= 0.6 is 0 Å². The molecule has 0 radical (unpaired) electrons. The molecule has 2 aromatic rings. The number of hydrogen-bond donors (Lipinski definition) is 1. The number of aromatic nitrogens is 2. The maximum Gasteiger partial charge on any atom is 0.343 e. The number of rotatable bonds is 5. The van der Waals surface area contributed by atoms with Crippen molar-refractivity contribution in [3.63, 3.8) is 0 Å². The predicted octanol–water partition coefficient (Wildman–Crippen LogP) is 3.92. The molecule has 2 amide bonds. The number of benzene rings is 1. The highest BCUT2D eigenvalue weighted by molar-refractivity contribution is 5.98. The molecule has 0 atom stereocenters. The third-order valence-electron chi connectivity index (χ3n) is 5.47. The van der Waals surface area contributed by atoms with Gasteiger partial charge < -0.3 is 10.1 Å². The van der Waals surface area contributed by atoms with Crippen LogP contribution in [0.25, 0.3) is 0 Å². The number of fused-ring (bicyclic) bond motifs is 1. The van der Waals surface area contributed by atoms with Gasteiger partial charge in [-0.05, 0) is 31.9 Å². The summed E-state index contributed by atoms with van der Waals surface area (Å²) in [6.45, 7) is 2.51. The van der Waals surface area contributed by atoms with Crippen molar-refractivity contribution < 1.29 is 13.9 Å². The minimum Gasteiger partial charge on any atom is -0.494 e. The summed E-state index contributed by atoms with van der Waals surface area (Å²) in [6, 6.07) is 4.73. The van der Waals surface area contributed by atoms with E-state index in [0.29, 0.717) is 29.7 Å². The summed E-state index contributed by atoms with van der Waals surface area (Å²) in [5.41, 5.74) is 1.18. The van der Waals surface area contributed by atoms with Crippen molar-refractivity contribution in [1.82, 2.24) is 15.0 Å².